The fraction of sp³-hybridized carbons (Fsp3) is 0.483. The molecule has 192 valence electrons. The van der Waals surface area contributed by atoms with Crippen LogP contribution in [0.15, 0.2) is 54.6 Å². The Labute approximate surface area is 213 Å². The second kappa shape index (κ2) is 10.8. The first kappa shape index (κ1) is 25.9. The van der Waals surface area contributed by atoms with Crippen molar-refractivity contribution < 1.29 is 19.1 Å². The Morgan fingerprint density at radius 1 is 0.972 bits per heavy atom. The van der Waals surface area contributed by atoms with E-state index >= 15 is 0 Å². The number of benzene rings is 2. The number of nitrogens with zero attached hydrogens (tertiary/aromatic N) is 1. The number of ether oxygens (including phenoxy) is 1. The van der Waals surface area contributed by atoms with Gasteiger partial charge in [0, 0.05) is 29.7 Å². The van der Waals surface area contributed by atoms with Crippen molar-refractivity contribution in [2.24, 2.45) is 5.92 Å². The van der Waals surface area contributed by atoms with Crippen LogP contribution in [0.4, 0.5) is 0 Å². The summed E-state index contributed by atoms with van der Waals surface area (Å²) in [4.78, 5) is 40.9. The normalized spacial score (nSPS) is 24.4. The Morgan fingerprint density at radius 2 is 1.69 bits per heavy atom. The van der Waals surface area contributed by atoms with Crippen LogP contribution in [0.5, 0.6) is 0 Å². The van der Waals surface area contributed by atoms with Crippen molar-refractivity contribution in [1.29, 1.82) is 0 Å². The smallest absolute Gasteiger partial charge is 0.310 e. The summed E-state index contributed by atoms with van der Waals surface area (Å²) in [5, 5.41) is 6.52. The molecule has 0 aromatic heterocycles. The van der Waals surface area contributed by atoms with Gasteiger partial charge in [-0.1, -0.05) is 42.5 Å². The molecular weight excluding hydrogens is 454 g/mol. The number of hydrogen-bond donors (Lipinski definition) is 2. The van der Waals surface area contributed by atoms with E-state index in [0.29, 0.717) is 24.9 Å². The summed E-state index contributed by atoms with van der Waals surface area (Å²) in [6.45, 7) is 6.85. The maximum atomic E-state index is 13.4. The maximum Gasteiger partial charge on any atom is 0.310 e. The predicted molar refractivity (Wildman–Crippen MR) is 139 cm³/mol. The van der Waals surface area contributed by atoms with Gasteiger partial charge in [0.2, 0.25) is 5.91 Å². The molecule has 2 aromatic carbocycles. The van der Waals surface area contributed by atoms with Gasteiger partial charge in [0.25, 0.3) is 5.91 Å². The molecule has 2 fully saturated rings. The van der Waals surface area contributed by atoms with E-state index in [-0.39, 0.29) is 41.3 Å². The number of carbonyl (C=O) groups is 3. The topological polar surface area (TPSA) is 87.7 Å². The van der Waals surface area contributed by atoms with Crippen LogP contribution >= 0.6 is 0 Å². The molecule has 0 unspecified atom stereocenters. The van der Waals surface area contributed by atoms with Crippen LogP contribution in [-0.4, -0.2) is 60.0 Å². The van der Waals surface area contributed by atoms with Crippen molar-refractivity contribution in [3.05, 3.63) is 60.2 Å². The first-order valence-corrected chi connectivity index (χ1v) is 12.8. The van der Waals surface area contributed by atoms with Crippen LogP contribution in [0.3, 0.4) is 0 Å². The lowest BCUT2D eigenvalue weighted by Gasteiger charge is -2.41. The van der Waals surface area contributed by atoms with Gasteiger partial charge in [-0.2, -0.15) is 0 Å². The zero-order valence-electron chi connectivity index (χ0n) is 21.6. The minimum atomic E-state index is -0.596. The number of hydrogen-bond acceptors (Lipinski definition) is 5. The summed E-state index contributed by atoms with van der Waals surface area (Å²) in [5.74, 6) is -1.05. The van der Waals surface area contributed by atoms with E-state index in [0.717, 1.165) is 24.0 Å². The minimum absolute atomic E-state index is 0.0607. The average Bonchev–Trinajstić information content (AvgIpc) is 3.22. The van der Waals surface area contributed by atoms with Gasteiger partial charge in [0.05, 0.1) is 13.0 Å². The van der Waals surface area contributed by atoms with Crippen LogP contribution in [0.2, 0.25) is 0 Å². The molecule has 2 aromatic rings. The standard InChI is InChI=1S/C29H37N3O4/c1-29(2,3)31-22-13-14-25(23(18-22)28(35)36-4)32-16-15-24(27(32)34)30-26(33)21-12-8-11-20(17-21)19-9-6-5-7-10-19/h5-12,17,22-25,31H,13-16,18H2,1-4H3,(H,30,33)/t22-,23-,24+,25+/m1/s1. The highest BCUT2D eigenvalue weighted by Gasteiger charge is 2.45. The Hall–Kier alpha value is -3.19. The van der Waals surface area contributed by atoms with Crippen molar-refractivity contribution in [2.75, 3.05) is 13.7 Å². The second-order valence-corrected chi connectivity index (χ2v) is 10.9. The van der Waals surface area contributed by atoms with Crippen LogP contribution < -0.4 is 10.6 Å². The van der Waals surface area contributed by atoms with Crippen molar-refractivity contribution in [2.45, 2.75) is 70.1 Å². The molecule has 0 radical (unpaired) electrons. The van der Waals surface area contributed by atoms with Crippen LogP contribution in [0, 0.1) is 5.92 Å². The third-order valence-electron chi connectivity index (χ3n) is 7.13. The highest BCUT2D eigenvalue weighted by molar-refractivity contribution is 5.99. The van der Waals surface area contributed by atoms with Crippen LogP contribution in [0.1, 0.15) is 56.8 Å². The fourth-order valence-electron chi connectivity index (χ4n) is 5.55. The predicted octanol–water partition coefficient (Wildman–Crippen LogP) is 3.78. The number of methoxy groups -OCH3 is 1. The summed E-state index contributed by atoms with van der Waals surface area (Å²) in [7, 11) is 1.40. The molecule has 0 spiro atoms. The molecule has 1 saturated heterocycles. The fourth-order valence-corrected chi connectivity index (χ4v) is 5.55. The lowest BCUT2D eigenvalue weighted by molar-refractivity contribution is -0.151. The Kier molecular flexibility index (Phi) is 7.79. The number of amides is 2. The molecule has 1 aliphatic heterocycles. The van der Waals surface area contributed by atoms with E-state index in [1.807, 2.05) is 48.5 Å². The zero-order valence-corrected chi connectivity index (χ0v) is 21.6. The van der Waals surface area contributed by atoms with Crippen molar-refractivity contribution in [1.82, 2.24) is 15.5 Å². The molecule has 7 heteroatoms. The zero-order chi connectivity index (χ0) is 25.9. The summed E-state index contributed by atoms with van der Waals surface area (Å²) in [5.41, 5.74) is 2.43. The van der Waals surface area contributed by atoms with Gasteiger partial charge in [0.1, 0.15) is 6.04 Å². The van der Waals surface area contributed by atoms with Gasteiger partial charge in [-0.3, -0.25) is 14.4 Å². The number of carbonyl (C=O) groups excluding carboxylic acids is 3. The molecule has 4 rings (SSSR count). The molecule has 1 heterocycles. The Morgan fingerprint density at radius 3 is 2.39 bits per heavy atom. The largest absolute Gasteiger partial charge is 0.469 e. The summed E-state index contributed by atoms with van der Waals surface area (Å²) in [6, 6.07) is 16.7. The molecule has 2 amide bonds. The first-order chi connectivity index (χ1) is 17.2. The van der Waals surface area contributed by atoms with E-state index in [2.05, 4.69) is 31.4 Å². The van der Waals surface area contributed by atoms with Gasteiger partial charge >= 0.3 is 5.97 Å². The second-order valence-electron chi connectivity index (χ2n) is 10.9. The van der Waals surface area contributed by atoms with Gasteiger partial charge in [-0.05, 0) is 69.7 Å². The Bertz CT molecular complexity index is 1100. The average molecular weight is 492 g/mol. The third-order valence-corrected chi connectivity index (χ3v) is 7.13. The van der Waals surface area contributed by atoms with Crippen molar-refractivity contribution in [3.63, 3.8) is 0 Å². The van der Waals surface area contributed by atoms with E-state index < -0.39 is 6.04 Å². The molecule has 1 saturated carbocycles. The maximum absolute atomic E-state index is 13.4. The summed E-state index contributed by atoms with van der Waals surface area (Å²) >= 11 is 0. The molecular formula is C29H37N3O4. The molecule has 2 aliphatic rings. The lowest BCUT2D eigenvalue weighted by Crippen LogP contribution is -2.55. The SMILES string of the molecule is COC(=O)[C@@H]1C[C@H](NC(C)(C)C)CC[C@@H]1N1CC[C@H](NC(=O)c2cccc(-c3ccccc3)c2)C1=O. The van der Waals surface area contributed by atoms with Crippen molar-refractivity contribution >= 4 is 17.8 Å². The summed E-state index contributed by atoms with van der Waals surface area (Å²) in [6.07, 6.45) is 2.75. The quantitative estimate of drug-likeness (QED) is 0.601. The first-order valence-electron chi connectivity index (χ1n) is 12.8. The van der Waals surface area contributed by atoms with E-state index in [1.54, 1.807) is 11.0 Å². The van der Waals surface area contributed by atoms with Gasteiger partial charge < -0.3 is 20.3 Å². The van der Waals surface area contributed by atoms with Crippen LogP contribution in [0.25, 0.3) is 11.1 Å². The molecule has 7 nitrogen and oxygen atoms in total. The minimum Gasteiger partial charge on any atom is -0.469 e. The lowest BCUT2D eigenvalue weighted by atomic mass is 9.80. The van der Waals surface area contributed by atoms with E-state index in [4.69, 9.17) is 4.74 Å². The molecule has 1 aliphatic carbocycles. The van der Waals surface area contributed by atoms with Crippen molar-refractivity contribution in [3.8, 4) is 11.1 Å². The monoisotopic (exact) mass is 491 g/mol. The summed E-state index contributed by atoms with van der Waals surface area (Å²) < 4.78 is 5.12. The molecule has 36 heavy (non-hydrogen) atoms. The number of likely N-dealkylation sites (tertiary alicyclic amines) is 1. The highest BCUT2D eigenvalue weighted by Crippen LogP contribution is 2.33. The number of nitrogens with one attached hydrogen (secondary N) is 2. The van der Waals surface area contributed by atoms with Crippen LogP contribution in [-0.2, 0) is 14.3 Å². The van der Waals surface area contributed by atoms with Gasteiger partial charge in [0.15, 0.2) is 0 Å². The molecule has 0 bridgehead atoms. The third kappa shape index (κ3) is 5.95. The molecule has 2 N–H and O–H groups in total. The van der Waals surface area contributed by atoms with E-state index in [9.17, 15) is 14.4 Å². The van der Waals surface area contributed by atoms with Gasteiger partial charge in [-0.15, -0.1) is 0 Å². The highest BCUT2D eigenvalue weighted by atomic mass is 16.5. The van der Waals surface area contributed by atoms with E-state index in [1.165, 1.54) is 7.11 Å². The Balaban J connectivity index is 1.43. The van der Waals surface area contributed by atoms with Gasteiger partial charge in [-0.25, -0.2) is 0 Å². The number of esters is 1. The molecule has 4 atom stereocenters. The number of rotatable bonds is 6.